The highest BCUT2D eigenvalue weighted by Crippen LogP contribution is 2.27. The van der Waals surface area contributed by atoms with Crippen molar-refractivity contribution in [2.45, 2.75) is 19.4 Å². The lowest BCUT2D eigenvalue weighted by atomic mass is 10.2. The SMILES string of the molecule is CCC(N)C(=O)Nc1ccc(Oc2ccc(C#N)c(OC)c2)nc1. The van der Waals surface area contributed by atoms with Crippen molar-refractivity contribution in [3.63, 3.8) is 0 Å². The van der Waals surface area contributed by atoms with Crippen LogP contribution in [-0.4, -0.2) is 24.0 Å². The largest absolute Gasteiger partial charge is 0.495 e. The van der Waals surface area contributed by atoms with Gasteiger partial charge in [-0.15, -0.1) is 0 Å². The summed E-state index contributed by atoms with van der Waals surface area (Å²) in [6.45, 7) is 1.84. The highest BCUT2D eigenvalue weighted by molar-refractivity contribution is 5.94. The molecule has 124 valence electrons. The van der Waals surface area contributed by atoms with Crippen molar-refractivity contribution in [3.05, 3.63) is 42.1 Å². The smallest absolute Gasteiger partial charge is 0.241 e. The maximum absolute atomic E-state index is 11.7. The maximum atomic E-state index is 11.7. The van der Waals surface area contributed by atoms with Crippen LogP contribution in [0, 0.1) is 11.3 Å². The molecule has 0 saturated heterocycles. The van der Waals surface area contributed by atoms with Gasteiger partial charge in [-0.2, -0.15) is 5.26 Å². The Hall–Kier alpha value is -3.11. The Morgan fingerprint density at radius 2 is 2.21 bits per heavy atom. The number of amides is 1. The van der Waals surface area contributed by atoms with Crippen molar-refractivity contribution in [2.24, 2.45) is 5.73 Å². The Labute approximate surface area is 140 Å². The zero-order chi connectivity index (χ0) is 17.5. The minimum Gasteiger partial charge on any atom is -0.495 e. The quantitative estimate of drug-likeness (QED) is 0.843. The van der Waals surface area contributed by atoms with Gasteiger partial charge in [0, 0.05) is 12.1 Å². The van der Waals surface area contributed by atoms with Gasteiger partial charge in [0.1, 0.15) is 17.6 Å². The number of hydrogen-bond acceptors (Lipinski definition) is 6. The van der Waals surface area contributed by atoms with E-state index in [-0.39, 0.29) is 5.91 Å². The molecule has 2 rings (SSSR count). The number of pyridine rings is 1. The van der Waals surface area contributed by atoms with Gasteiger partial charge < -0.3 is 20.5 Å². The summed E-state index contributed by atoms with van der Waals surface area (Å²) in [5.41, 5.74) is 6.61. The molecule has 1 atom stereocenters. The lowest BCUT2D eigenvalue weighted by Crippen LogP contribution is -2.34. The van der Waals surface area contributed by atoms with Crippen LogP contribution in [0.5, 0.6) is 17.4 Å². The van der Waals surface area contributed by atoms with Gasteiger partial charge in [0.25, 0.3) is 0 Å². The number of aromatic nitrogens is 1. The van der Waals surface area contributed by atoms with Crippen molar-refractivity contribution in [3.8, 4) is 23.4 Å². The van der Waals surface area contributed by atoms with E-state index in [1.165, 1.54) is 13.3 Å². The lowest BCUT2D eigenvalue weighted by molar-refractivity contribution is -0.117. The first-order chi connectivity index (χ1) is 11.6. The predicted octanol–water partition coefficient (Wildman–Crippen LogP) is 2.43. The molecule has 0 bridgehead atoms. The summed E-state index contributed by atoms with van der Waals surface area (Å²) in [7, 11) is 1.48. The second kappa shape index (κ2) is 7.94. The van der Waals surface area contributed by atoms with E-state index in [0.717, 1.165) is 0 Å². The van der Waals surface area contributed by atoms with Gasteiger partial charge in [-0.1, -0.05) is 6.92 Å². The molecule has 1 amide bonds. The van der Waals surface area contributed by atoms with Crippen LogP contribution in [0.4, 0.5) is 5.69 Å². The van der Waals surface area contributed by atoms with Gasteiger partial charge >= 0.3 is 0 Å². The van der Waals surface area contributed by atoms with Crippen molar-refractivity contribution in [2.75, 3.05) is 12.4 Å². The van der Waals surface area contributed by atoms with E-state index in [9.17, 15) is 4.79 Å². The minimum absolute atomic E-state index is 0.259. The Balaban J connectivity index is 2.07. The van der Waals surface area contributed by atoms with Crippen LogP contribution in [0.15, 0.2) is 36.5 Å². The number of carbonyl (C=O) groups is 1. The molecule has 0 aliphatic carbocycles. The van der Waals surface area contributed by atoms with Crippen LogP contribution in [0.1, 0.15) is 18.9 Å². The van der Waals surface area contributed by atoms with Gasteiger partial charge in [0.2, 0.25) is 11.8 Å². The van der Waals surface area contributed by atoms with E-state index < -0.39 is 6.04 Å². The molecule has 1 heterocycles. The number of methoxy groups -OCH3 is 1. The second-order valence-electron chi connectivity index (χ2n) is 4.97. The fourth-order valence-electron chi connectivity index (χ4n) is 1.88. The standard InChI is InChI=1S/C17H18N4O3/c1-3-14(19)17(22)21-12-5-7-16(20-10-12)24-13-6-4-11(9-18)15(8-13)23-2/h4-8,10,14H,3,19H2,1-2H3,(H,21,22). The number of hydrogen-bond donors (Lipinski definition) is 2. The fraction of sp³-hybridized carbons (Fsp3) is 0.235. The number of rotatable bonds is 6. The average Bonchev–Trinajstić information content (AvgIpc) is 2.62. The van der Waals surface area contributed by atoms with Gasteiger partial charge in [-0.3, -0.25) is 4.79 Å². The van der Waals surface area contributed by atoms with Crippen LogP contribution in [-0.2, 0) is 4.79 Å². The summed E-state index contributed by atoms with van der Waals surface area (Å²) in [4.78, 5) is 15.8. The first-order valence-electron chi connectivity index (χ1n) is 7.35. The molecule has 1 aromatic heterocycles. The number of benzene rings is 1. The summed E-state index contributed by atoms with van der Waals surface area (Å²) < 4.78 is 10.7. The van der Waals surface area contributed by atoms with E-state index in [1.807, 2.05) is 13.0 Å². The highest BCUT2D eigenvalue weighted by Gasteiger charge is 2.11. The number of ether oxygens (including phenoxy) is 2. The molecular formula is C17H18N4O3. The van der Waals surface area contributed by atoms with Crippen molar-refractivity contribution >= 4 is 11.6 Å². The normalized spacial score (nSPS) is 11.2. The van der Waals surface area contributed by atoms with Gasteiger partial charge in [-0.25, -0.2) is 4.98 Å². The van der Waals surface area contributed by atoms with Gasteiger partial charge in [0.05, 0.1) is 30.6 Å². The Morgan fingerprint density at radius 1 is 1.42 bits per heavy atom. The molecule has 7 heteroatoms. The first kappa shape index (κ1) is 17.2. The number of anilines is 1. The Morgan fingerprint density at radius 3 is 2.79 bits per heavy atom. The molecule has 0 aliphatic heterocycles. The van der Waals surface area contributed by atoms with Crippen LogP contribution in [0.2, 0.25) is 0 Å². The predicted molar refractivity (Wildman–Crippen MR) is 88.9 cm³/mol. The third-order valence-electron chi connectivity index (χ3n) is 3.30. The molecule has 1 unspecified atom stereocenters. The number of nitrogens with two attached hydrogens (primary N) is 1. The first-order valence-corrected chi connectivity index (χ1v) is 7.35. The van der Waals surface area contributed by atoms with Crippen molar-refractivity contribution in [1.29, 1.82) is 5.26 Å². The Kier molecular flexibility index (Phi) is 5.71. The van der Waals surface area contributed by atoms with Crippen molar-refractivity contribution in [1.82, 2.24) is 4.98 Å². The molecule has 1 aromatic carbocycles. The fourth-order valence-corrected chi connectivity index (χ4v) is 1.88. The number of nitriles is 1. The van der Waals surface area contributed by atoms with Gasteiger partial charge in [-0.05, 0) is 24.6 Å². The van der Waals surface area contributed by atoms with E-state index in [2.05, 4.69) is 10.3 Å². The number of nitrogens with one attached hydrogen (secondary N) is 1. The molecule has 3 N–H and O–H groups in total. The molecule has 7 nitrogen and oxygen atoms in total. The second-order valence-corrected chi connectivity index (χ2v) is 4.97. The summed E-state index contributed by atoms with van der Waals surface area (Å²) in [6, 6.07) is 9.64. The van der Waals surface area contributed by atoms with Crippen LogP contribution < -0.4 is 20.5 Å². The highest BCUT2D eigenvalue weighted by atomic mass is 16.5. The summed E-state index contributed by atoms with van der Waals surface area (Å²) in [5, 5.41) is 11.6. The zero-order valence-electron chi connectivity index (χ0n) is 13.4. The summed E-state index contributed by atoms with van der Waals surface area (Å²) in [5.74, 6) is 1.000. The number of carbonyl (C=O) groups excluding carboxylic acids is 1. The molecular weight excluding hydrogens is 308 g/mol. The summed E-state index contributed by atoms with van der Waals surface area (Å²) >= 11 is 0. The molecule has 0 aliphatic rings. The minimum atomic E-state index is -0.549. The average molecular weight is 326 g/mol. The monoisotopic (exact) mass is 326 g/mol. The zero-order valence-corrected chi connectivity index (χ0v) is 13.4. The molecule has 24 heavy (non-hydrogen) atoms. The van der Waals surface area contributed by atoms with Crippen LogP contribution in [0.25, 0.3) is 0 Å². The molecule has 0 fully saturated rings. The summed E-state index contributed by atoms with van der Waals surface area (Å²) in [6.07, 6.45) is 2.04. The Bertz CT molecular complexity index is 753. The topological polar surface area (TPSA) is 110 Å². The number of nitrogens with zero attached hydrogens (tertiary/aromatic N) is 2. The maximum Gasteiger partial charge on any atom is 0.241 e. The van der Waals surface area contributed by atoms with Gasteiger partial charge in [0.15, 0.2) is 0 Å². The van der Waals surface area contributed by atoms with E-state index in [1.54, 1.807) is 30.3 Å². The molecule has 2 aromatic rings. The van der Waals surface area contributed by atoms with E-state index in [0.29, 0.717) is 35.1 Å². The van der Waals surface area contributed by atoms with Crippen LogP contribution in [0.3, 0.4) is 0 Å². The third kappa shape index (κ3) is 4.21. The molecule has 0 spiro atoms. The molecule has 0 radical (unpaired) electrons. The van der Waals surface area contributed by atoms with Crippen LogP contribution >= 0.6 is 0 Å². The lowest BCUT2D eigenvalue weighted by Gasteiger charge is -2.11. The van der Waals surface area contributed by atoms with E-state index >= 15 is 0 Å². The van der Waals surface area contributed by atoms with E-state index in [4.69, 9.17) is 20.5 Å². The molecule has 0 saturated carbocycles. The van der Waals surface area contributed by atoms with Crippen molar-refractivity contribution < 1.29 is 14.3 Å². The third-order valence-corrected chi connectivity index (χ3v) is 3.30.